The minimum Gasteiger partial charge on any atom is -0.382 e. The van der Waals surface area contributed by atoms with Crippen LogP contribution in [-0.2, 0) is 0 Å². The van der Waals surface area contributed by atoms with Crippen molar-refractivity contribution >= 4 is 28.9 Å². The zero-order valence-electron chi connectivity index (χ0n) is 6.78. The molecule has 13 heavy (non-hydrogen) atoms. The highest BCUT2D eigenvalue weighted by atomic mass is 35.5. The van der Waals surface area contributed by atoms with Crippen LogP contribution in [0.5, 0.6) is 0 Å². The predicted octanol–water partition coefficient (Wildman–Crippen LogP) is 3.71. The van der Waals surface area contributed by atoms with Gasteiger partial charge in [-0.2, -0.15) is 0 Å². The van der Waals surface area contributed by atoms with Gasteiger partial charge in [0.15, 0.2) is 5.82 Å². The first-order valence-corrected chi connectivity index (χ1v) is 4.83. The summed E-state index contributed by atoms with van der Waals surface area (Å²) in [6.07, 6.45) is 2.32. The molecule has 0 spiro atoms. The highest BCUT2D eigenvalue weighted by molar-refractivity contribution is 6.35. The molecule has 70 valence electrons. The molecule has 0 unspecified atom stereocenters. The van der Waals surface area contributed by atoms with Gasteiger partial charge in [-0.05, 0) is 25.0 Å². The smallest absolute Gasteiger partial charge is 0.160 e. The molecule has 1 aliphatic carbocycles. The van der Waals surface area contributed by atoms with Gasteiger partial charge >= 0.3 is 0 Å². The molecule has 1 fully saturated rings. The maximum atomic E-state index is 13.0. The molecule has 0 aromatic heterocycles. The summed E-state index contributed by atoms with van der Waals surface area (Å²) < 4.78 is 13.0. The Bertz CT molecular complexity index is 313. The minimum atomic E-state index is -0.551. The first-order chi connectivity index (χ1) is 6.16. The fraction of sp³-hybridized carbons (Fsp3) is 0.333. The van der Waals surface area contributed by atoms with Crippen LogP contribution in [-0.4, -0.2) is 6.04 Å². The molecule has 1 aliphatic rings. The van der Waals surface area contributed by atoms with Crippen molar-refractivity contribution in [1.82, 2.24) is 0 Å². The highest BCUT2D eigenvalue weighted by Crippen LogP contribution is 2.30. The van der Waals surface area contributed by atoms with E-state index in [1.165, 1.54) is 0 Å². The molecule has 4 heteroatoms. The van der Waals surface area contributed by atoms with Crippen molar-refractivity contribution in [3.63, 3.8) is 0 Å². The second kappa shape index (κ2) is 3.35. The molecule has 1 nitrogen and oxygen atoms in total. The lowest BCUT2D eigenvalue weighted by Crippen LogP contribution is -2.00. The van der Waals surface area contributed by atoms with Crippen molar-refractivity contribution < 1.29 is 4.39 Å². The summed E-state index contributed by atoms with van der Waals surface area (Å²) in [6, 6.07) is 3.62. The molecule has 1 aromatic carbocycles. The van der Waals surface area contributed by atoms with Crippen LogP contribution in [0.4, 0.5) is 10.1 Å². The number of nitrogens with one attached hydrogen (secondary N) is 1. The van der Waals surface area contributed by atoms with Crippen LogP contribution in [0.2, 0.25) is 10.0 Å². The number of benzene rings is 1. The average molecular weight is 220 g/mol. The average Bonchev–Trinajstić information content (AvgIpc) is 2.84. The minimum absolute atomic E-state index is 0.0654. The quantitative estimate of drug-likeness (QED) is 0.749. The molecule has 1 N–H and O–H groups in total. The van der Waals surface area contributed by atoms with Gasteiger partial charge in [0.05, 0.1) is 10.0 Å². The monoisotopic (exact) mass is 219 g/mol. The predicted molar refractivity (Wildman–Crippen MR) is 53.1 cm³/mol. The number of anilines is 1. The lowest BCUT2D eigenvalue weighted by molar-refractivity contribution is 0.629. The van der Waals surface area contributed by atoms with Gasteiger partial charge in [-0.25, -0.2) is 4.39 Å². The van der Waals surface area contributed by atoms with Gasteiger partial charge in [-0.3, -0.25) is 0 Å². The van der Waals surface area contributed by atoms with Crippen LogP contribution in [0.3, 0.4) is 0 Å². The molecular weight excluding hydrogens is 212 g/mol. The van der Waals surface area contributed by atoms with Crippen molar-refractivity contribution in [3.8, 4) is 0 Å². The molecule has 0 atom stereocenters. The van der Waals surface area contributed by atoms with E-state index in [-0.39, 0.29) is 10.0 Å². The first-order valence-electron chi connectivity index (χ1n) is 4.08. The summed E-state index contributed by atoms with van der Waals surface area (Å²) in [6.45, 7) is 0. The van der Waals surface area contributed by atoms with E-state index >= 15 is 0 Å². The van der Waals surface area contributed by atoms with Crippen LogP contribution in [0.15, 0.2) is 12.1 Å². The number of rotatable bonds is 2. The molecule has 0 amide bonds. The molecular formula is C9H8Cl2FN. The van der Waals surface area contributed by atoms with Crippen molar-refractivity contribution in [2.24, 2.45) is 0 Å². The Hall–Kier alpha value is -0.470. The summed E-state index contributed by atoms with van der Waals surface area (Å²) >= 11 is 11.2. The lowest BCUT2D eigenvalue weighted by atomic mass is 10.3. The molecule has 0 heterocycles. The summed E-state index contributed by atoms with van der Waals surface area (Å²) in [7, 11) is 0. The topological polar surface area (TPSA) is 12.0 Å². The molecule has 1 saturated carbocycles. The SMILES string of the molecule is Fc1c(Cl)cc(NC2CC2)cc1Cl. The van der Waals surface area contributed by atoms with Crippen molar-refractivity contribution in [2.45, 2.75) is 18.9 Å². The lowest BCUT2D eigenvalue weighted by Gasteiger charge is -2.06. The van der Waals surface area contributed by atoms with Crippen LogP contribution >= 0.6 is 23.2 Å². The fourth-order valence-electron chi connectivity index (χ4n) is 1.10. The Labute approximate surface area is 85.8 Å². The second-order valence-electron chi connectivity index (χ2n) is 3.17. The third-order valence-electron chi connectivity index (χ3n) is 1.93. The van der Waals surface area contributed by atoms with Gasteiger partial charge in [0.1, 0.15) is 0 Å². The third-order valence-corrected chi connectivity index (χ3v) is 2.48. The Morgan fingerprint density at radius 3 is 2.23 bits per heavy atom. The van der Waals surface area contributed by atoms with Gasteiger partial charge in [-0.15, -0.1) is 0 Å². The van der Waals surface area contributed by atoms with E-state index in [4.69, 9.17) is 23.2 Å². The van der Waals surface area contributed by atoms with Crippen LogP contribution in [0, 0.1) is 5.82 Å². The van der Waals surface area contributed by atoms with E-state index in [0.29, 0.717) is 6.04 Å². The van der Waals surface area contributed by atoms with E-state index in [2.05, 4.69) is 5.32 Å². The van der Waals surface area contributed by atoms with Crippen molar-refractivity contribution in [2.75, 3.05) is 5.32 Å². The number of halogens is 3. The molecule has 0 radical (unpaired) electrons. The van der Waals surface area contributed by atoms with E-state index in [0.717, 1.165) is 18.5 Å². The van der Waals surface area contributed by atoms with Crippen LogP contribution < -0.4 is 5.32 Å². The van der Waals surface area contributed by atoms with Gasteiger partial charge in [0, 0.05) is 11.7 Å². The summed E-state index contributed by atoms with van der Waals surface area (Å²) in [4.78, 5) is 0. The normalized spacial score (nSPS) is 15.9. The summed E-state index contributed by atoms with van der Waals surface area (Å²) in [5, 5.41) is 3.32. The van der Waals surface area contributed by atoms with Crippen molar-refractivity contribution in [1.29, 1.82) is 0 Å². The zero-order chi connectivity index (χ0) is 9.42. The van der Waals surface area contributed by atoms with E-state index in [1.807, 2.05) is 0 Å². The Balaban J connectivity index is 2.25. The van der Waals surface area contributed by atoms with Crippen LogP contribution in [0.25, 0.3) is 0 Å². The molecule has 0 bridgehead atoms. The molecule has 0 aliphatic heterocycles. The molecule has 0 saturated heterocycles. The second-order valence-corrected chi connectivity index (χ2v) is 3.99. The van der Waals surface area contributed by atoms with Crippen LogP contribution in [0.1, 0.15) is 12.8 Å². The maximum absolute atomic E-state index is 13.0. The maximum Gasteiger partial charge on any atom is 0.160 e. The van der Waals surface area contributed by atoms with Gasteiger partial charge < -0.3 is 5.32 Å². The number of hydrogen-bond acceptors (Lipinski definition) is 1. The molecule has 2 rings (SSSR count). The van der Waals surface area contributed by atoms with E-state index in [9.17, 15) is 4.39 Å². The number of hydrogen-bond donors (Lipinski definition) is 1. The summed E-state index contributed by atoms with van der Waals surface area (Å²) in [5.41, 5.74) is 0.791. The fourth-order valence-corrected chi connectivity index (χ4v) is 1.59. The van der Waals surface area contributed by atoms with Gasteiger partial charge in [0.2, 0.25) is 0 Å². The Morgan fingerprint density at radius 1 is 1.23 bits per heavy atom. The van der Waals surface area contributed by atoms with Gasteiger partial charge in [-0.1, -0.05) is 23.2 Å². The first kappa shape index (κ1) is 9.10. The standard InChI is InChI=1S/C9H8Cl2FN/c10-7-3-6(13-5-1-2-5)4-8(11)9(7)12/h3-5,13H,1-2H2. The summed E-state index contributed by atoms with van der Waals surface area (Å²) in [5.74, 6) is -0.551. The highest BCUT2D eigenvalue weighted by Gasteiger charge is 2.21. The molecule has 1 aromatic rings. The third kappa shape index (κ3) is 2.06. The van der Waals surface area contributed by atoms with E-state index < -0.39 is 5.82 Å². The van der Waals surface area contributed by atoms with E-state index in [1.54, 1.807) is 12.1 Å². The zero-order valence-corrected chi connectivity index (χ0v) is 8.29. The van der Waals surface area contributed by atoms with Crippen molar-refractivity contribution in [3.05, 3.63) is 28.0 Å². The Kier molecular flexibility index (Phi) is 2.35. The Morgan fingerprint density at radius 2 is 1.77 bits per heavy atom. The largest absolute Gasteiger partial charge is 0.382 e. The van der Waals surface area contributed by atoms with Gasteiger partial charge in [0.25, 0.3) is 0 Å².